The van der Waals surface area contributed by atoms with E-state index < -0.39 is 5.60 Å². The summed E-state index contributed by atoms with van der Waals surface area (Å²) in [7, 11) is 0. The van der Waals surface area contributed by atoms with Gasteiger partial charge in [-0.3, -0.25) is 0 Å². The number of phenolic OH excluding ortho intramolecular Hbond substituents is 1. The average molecular weight is 243 g/mol. The van der Waals surface area contributed by atoms with E-state index in [-0.39, 0.29) is 10.8 Å². The molecule has 1 heterocycles. The van der Waals surface area contributed by atoms with E-state index in [0.717, 1.165) is 0 Å². The van der Waals surface area contributed by atoms with Crippen molar-refractivity contribution in [2.24, 2.45) is 0 Å². The summed E-state index contributed by atoms with van der Waals surface area (Å²) >= 11 is 6.01. The van der Waals surface area contributed by atoms with Gasteiger partial charge in [-0.05, 0) is 12.8 Å². The first-order chi connectivity index (χ1) is 7.62. The van der Waals surface area contributed by atoms with Crippen molar-refractivity contribution in [3.05, 3.63) is 16.7 Å². The molecule has 0 aromatic heterocycles. The molecule has 0 spiro atoms. The lowest BCUT2D eigenvalue weighted by molar-refractivity contribution is 0.129. The van der Waals surface area contributed by atoms with E-state index in [0.29, 0.717) is 43.1 Å². The van der Waals surface area contributed by atoms with Crippen LogP contribution in [0.4, 0.5) is 0 Å². The molecule has 0 saturated heterocycles. The van der Waals surface area contributed by atoms with Gasteiger partial charge in [0.2, 0.25) is 0 Å². The molecule has 1 fully saturated rings. The SMILES string of the molecule is Oc1cc2c(c(C3(O)CC3)c1Cl)OCCO2. The molecule has 0 bridgehead atoms. The molecule has 1 saturated carbocycles. The number of aromatic hydroxyl groups is 1. The fourth-order valence-corrected chi connectivity index (χ4v) is 2.25. The first-order valence-electron chi connectivity index (χ1n) is 5.16. The smallest absolute Gasteiger partial charge is 0.169 e. The lowest BCUT2D eigenvalue weighted by atomic mass is 10.0. The van der Waals surface area contributed by atoms with Gasteiger partial charge in [-0.25, -0.2) is 0 Å². The summed E-state index contributed by atoms with van der Waals surface area (Å²) < 4.78 is 10.8. The van der Waals surface area contributed by atoms with Crippen LogP contribution in [-0.4, -0.2) is 23.4 Å². The van der Waals surface area contributed by atoms with Crippen molar-refractivity contribution in [3.8, 4) is 17.2 Å². The second-order valence-corrected chi connectivity index (χ2v) is 4.52. The van der Waals surface area contributed by atoms with Crippen molar-refractivity contribution in [2.45, 2.75) is 18.4 Å². The normalized spacial score (nSPS) is 20.6. The largest absolute Gasteiger partial charge is 0.506 e. The van der Waals surface area contributed by atoms with Gasteiger partial charge in [0.25, 0.3) is 0 Å². The highest BCUT2D eigenvalue weighted by atomic mass is 35.5. The molecule has 1 aromatic rings. The minimum atomic E-state index is -0.958. The molecule has 4 nitrogen and oxygen atoms in total. The molecule has 5 heteroatoms. The summed E-state index contributed by atoms with van der Waals surface area (Å²) in [6, 6.07) is 1.42. The first kappa shape index (κ1) is 10.1. The molecule has 0 radical (unpaired) electrons. The van der Waals surface area contributed by atoms with E-state index in [1.54, 1.807) is 0 Å². The number of phenols is 1. The Morgan fingerprint density at radius 3 is 2.62 bits per heavy atom. The Labute approximate surface area is 97.4 Å². The van der Waals surface area contributed by atoms with Crippen LogP contribution in [0.3, 0.4) is 0 Å². The molecule has 1 aromatic carbocycles. The van der Waals surface area contributed by atoms with Gasteiger partial charge in [-0.1, -0.05) is 11.6 Å². The van der Waals surface area contributed by atoms with E-state index >= 15 is 0 Å². The molecule has 1 aliphatic heterocycles. The van der Waals surface area contributed by atoms with Crippen LogP contribution in [0.2, 0.25) is 5.02 Å². The number of hydrogen-bond acceptors (Lipinski definition) is 4. The summed E-state index contributed by atoms with van der Waals surface area (Å²) in [6.45, 7) is 0.864. The van der Waals surface area contributed by atoms with Gasteiger partial charge in [-0.15, -0.1) is 0 Å². The fraction of sp³-hybridized carbons (Fsp3) is 0.455. The number of aliphatic hydroxyl groups is 1. The third-order valence-electron chi connectivity index (χ3n) is 2.94. The highest BCUT2D eigenvalue weighted by Gasteiger charge is 2.47. The molecule has 2 aliphatic rings. The van der Waals surface area contributed by atoms with Crippen LogP contribution < -0.4 is 9.47 Å². The quantitative estimate of drug-likeness (QED) is 0.788. The topological polar surface area (TPSA) is 58.9 Å². The molecule has 0 unspecified atom stereocenters. The fourth-order valence-electron chi connectivity index (χ4n) is 1.93. The molecule has 0 amide bonds. The van der Waals surface area contributed by atoms with E-state index in [9.17, 15) is 10.2 Å². The van der Waals surface area contributed by atoms with Gasteiger partial charge in [-0.2, -0.15) is 0 Å². The van der Waals surface area contributed by atoms with Crippen molar-refractivity contribution in [3.63, 3.8) is 0 Å². The zero-order chi connectivity index (χ0) is 11.3. The predicted molar refractivity (Wildman–Crippen MR) is 57.2 cm³/mol. The standard InChI is InChI=1S/C11H11ClO4/c12-9-6(13)5-7-10(16-4-3-15-7)8(9)11(14)1-2-11/h5,13-14H,1-4H2. The highest BCUT2D eigenvalue weighted by molar-refractivity contribution is 6.33. The zero-order valence-electron chi connectivity index (χ0n) is 8.49. The van der Waals surface area contributed by atoms with Gasteiger partial charge >= 0.3 is 0 Å². The van der Waals surface area contributed by atoms with Crippen LogP contribution in [0.1, 0.15) is 18.4 Å². The average Bonchev–Trinajstić information content (AvgIpc) is 2.99. The first-order valence-corrected chi connectivity index (χ1v) is 5.53. The molecular formula is C11H11ClO4. The van der Waals surface area contributed by atoms with Crippen molar-refractivity contribution >= 4 is 11.6 Å². The molecule has 3 rings (SSSR count). The van der Waals surface area contributed by atoms with Crippen LogP contribution in [0.25, 0.3) is 0 Å². The molecule has 86 valence electrons. The summed E-state index contributed by atoms with van der Waals surface area (Å²) in [6.07, 6.45) is 1.26. The maximum absolute atomic E-state index is 10.1. The van der Waals surface area contributed by atoms with Gasteiger partial charge in [0.05, 0.1) is 16.2 Å². The Morgan fingerprint density at radius 1 is 1.25 bits per heavy atom. The second kappa shape index (κ2) is 3.18. The van der Waals surface area contributed by atoms with Crippen LogP contribution >= 0.6 is 11.6 Å². The Kier molecular flexibility index (Phi) is 2.00. The molecule has 16 heavy (non-hydrogen) atoms. The van der Waals surface area contributed by atoms with Crippen molar-refractivity contribution in [2.75, 3.05) is 13.2 Å². The zero-order valence-corrected chi connectivity index (χ0v) is 9.25. The minimum Gasteiger partial charge on any atom is -0.506 e. The number of halogens is 1. The Balaban J connectivity index is 2.23. The van der Waals surface area contributed by atoms with Gasteiger partial charge in [0, 0.05) is 6.07 Å². The van der Waals surface area contributed by atoms with E-state index in [2.05, 4.69) is 0 Å². The molecule has 1 aliphatic carbocycles. The number of fused-ring (bicyclic) bond motifs is 1. The maximum atomic E-state index is 10.1. The van der Waals surface area contributed by atoms with Crippen molar-refractivity contribution < 1.29 is 19.7 Å². The summed E-state index contributed by atoms with van der Waals surface area (Å²) in [4.78, 5) is 0. The number of rotatable bonds is 1. The van der Waals surface area contributed by atoms with Crippen molar-refractivity contribution in [1.82, 2.24) is 0 Å². The van der Waals surface area contributed by atoms with Crippen LogP contribution in [0, 0.1) is 0 Å². The number of ether oxygens (including phenoxy) is 2. The van der Waals surface area contributed by atoms with Gasteiger partial charge < -0.3 is 19.7 Å². The number of benzene rings is 1. The summed E-state index contributed by atoms with van der Waals surface area (Å²) in [5.74, 6) is 0.832. The molecule has 0 atom stereocenters. The highest BCUT2D eigenvalue weighted by Crippen LogP contribution is 2.56. The monoisotopic (exact) mass is 242 g/mol. The third-order valence-corrected chi connectivity index (χ3v) is 3.32. The van der Waals surface area contributed by atoms with Gasteiger partial charge in [0.1, 0.15) is 19.0 Å². The Hall–Kier alpha value is -1.13. The molecule has 2 N–H and O–H groups in total. The molecular weight excluding hydrogens is 232 g/mol. The maximum Gasteiger partial charge on any atom is 0.169 e. The summed E-state index contributed by atoms with van der Waals surface area (Å²) in [5.41, 5.74) is -0.496. The van der Waals surface area contributed by atoms with E-state index in [1.165, 1.54) is 6.07 Å². The third kappa shape index (κ3) is 1.33. The van der Waals surface area contributed by atoms with Crippen LogP contribution in [-0.2, 0) is 5.60 Å². The lowest BCUT2D eigenvalue weighted by Gasteiger charge is -2.24. The Morgan fingerprint density at radius 2 is 1.94 bits per heavy atom. The van der Waals surface area contributed by atoms with Crippen LogP contribution in [0.5, 0.6) is 17.2 Å². The van der Waals surface area contributed by atoms with E-state index in [4.69, 9.17) is 21.1 Å². The summed E-state index contributed by atoms with van der Waals surface area (Å²) in [5, 5.41) is 20.0. The Bertz CT molecular complexity index is 454. The predicted octanol–water partition coefficient (Wildman–Crippen LogP) is 1.80. The second-order valence-electron chi connectivity index (χ2n) is 4.14. The van der Waals surface area contributed by atoms with Gasteiger partial charge in [0.15, 0.2) is 11.5 Å². The number of hydrogen-bond donors (Lipinski definition) is 2. The van der Waals surface area contributed by atoms with Crippen LogP contribution in [0.15, 0.2) is 6.07 Å². The minimum absolute atomic E-state index is 0.0822. The lowest BCUT2D eigenvalue weighted by Crippen LogP contribution is -2.19. The van der Waals surface area contributed by atoms with Crippen molar-refractivity contribution in [1.29, 1.82) is 0 Å². The van der Waals surface area contributed by atoms with E-state index in [1.807, 2.05) is 0 Å².